The van der Waals surface area contributed by atoms with Gasteiger partial charge in [0.05, 0.1) is 7.11 Å². The van der Waals surface area contributed by atoms with Crippen LogP contribution in [0.2, 0.25) is 0 Å². The summed E-state index contributed by atoms with van der Waals surface area (Å²) < 4.78 is 6.01. The molecule has 0 bridgehead atoms. The van der Waals surface area contributed by atoms with E-state index in [4.69, 9.17) is 17.0 Å². The van der Waals surface area contributed by atoms with E-state index in [9.17, 15) is 4.79 Å². The van der Waals surface area contributed by atoms with Crippen molar-refractivity contribution in [3.63, 3.8) is 0 Å². The molecule has 1 aromatic carbocycles. The Kier molecular flexibility index (Phi) is 6.49. The zero-order valence-corrected chi connectivity index (χ0v) is 14.9. The van der Waals surface area contributed by atoms with Gasteiger partial charge in [0.1, 0.15) is 11.6 Å². The van der Waals surface area contributed by atoms with Crippen molar-refractivity contribution in [3.8, 4) is 5.75 Å². The Morgan fingerprint density at radius 2 is 2.17 bits per heavy atom. The molecule has 2 rings (SSSR count). The van der Waals surface area contributed by atoms with Crippen molar-refractivity contribution < 1.29 is 9.53 Å². The number of nitrogens with one attached hydrogen (secondary N) is 2. The van der Waals surface area contributed by atoms with Crippen LogP contribution in [0, 0.1) is 0 Å². The average Bonchev–Trinajstić information content (AvgIpc) is 2.57. The summed E-state index contributed by atoms with van der Waals surface area (Å²) in [6.07, 6.45) is 2.01. The largest absolute Gasteiger partial charge is 0.497 e. The molecule has 120 valence electrons. The van der Waals surface area contributed by atoms with Crippen molar-refractivity contribution in [2.45, 2.75) is 6.42 Å². The first-order chi connectivity index (χ1) is 11.1. The smallest absolute Gasteiger partial charge is 0.171 e. The molecule has 23 heavy (non-hydrogen) atoms. The van der Waals surface area contributed by atoms with Gasteiger partial charge >= 0.3 is 0 Å². The Labute approximate surface area is 148 Å². The highest BCUT2D eigenvalue weighted by Crippen LogP contribution is 2.14. The number of hydrogen-bond acceptors (Lipinski definition) is 4. The number of ketones is 1. The third-order valence-corrected chi connectivity index (χ3v) is 3.71. The molecule has 0 saturated heterocycles. The number of thiocarbonyl (C=S) groups is 1. The molecule has 0 aliphatic heterocycles. The predicted molar refractivity (Wildman–Crippen MR) is 98.1 cm³/mol. The van der Waals surface area contributed by atoms with Gasteiger partial charge in [0.2, 0.25) is 0 Å². The fourth-order valence-electron chi connectivity index (χ4n) is 1.84. The van der Waals surface area contributed by atoms with E-state index in [1.54, 1.807) is 43.6 Å². The predicted octanol–water partition coefficient (Wildman–Crippen LogP) is 3.41. The second-order valence-electron chi connectivity index (χ2n) is 4.65. The molecule has 2 N–H and O–H groups in total. The van der Waals surface area contributed by atoms with Gasteiger partial charge in [0.15, 0.2) is 10.9 Å². The lowest BCUT2D eigenvalue weighted by atomic mass is 10.1. The fraction of sp³-hybridized carbons (Fsp3) is 0.188. The molecule has 0 unspecified atom stereocenters. The third-order valence-electron chi connectivity index (χ3n) is 3.00. The quantitative estimate of drug-likeness (QED) is 0.579. The number of benzene rings is 1. The maximum Gasteiger partial charge on any atom is 0.171 e. The van der Waals surface area contributed by atoms with Crippen LogP contribution in [0.15, 0.2) is 47.1 Å². The number of anilines is 1. The van der Waals surface area contributed by atoms with Gasteiger partial charge in [-0.15, -0.1) is 0 Å². The first-order valence-electron chi connectivity index (χ1n) is 6.92. The van der Waals surface area contributed by atoms with Crippen molar-refractivity contribution in [2.75, 3.05) is 19.0 Å². The van der Waals surface area contributed by atoms with Gasteiger partial charge in [0.25, 0.3) is 0 Å². The summed E-state index contributed by atoms with van der Waals surface area (Å²) in [6, 6.07) is 10.8. The molecule has 7 heteroatoms. The molecule has 0 saturated carbocycles. The van der Waals surface area contributed by atoms with Crippen molar-refractivity contribution in [3.05, 3.63) is 52.6 Å². The maximum atomic E-state index is 12.1. The van der Waals surface area contributed by atoms with Crippen LogP contribution in [0.3, 0.4) is 0 Å². The van der Waals surface area contributed by atoms with Crippen molar-refractivity contribution in [2.24, 2.45) is 0 Å². The zero-order chi connectivity index (χ0) is 16.7. The number of carbonyl (C=O) groups is 1. The molecule has 0 aliphatic carbocycles. The van der Waals surface area contributed by atoms with Gasteiger partial charge in [0, 0.05) is 29.2 Å². The minimum Gasteiger partial charge on any atom is -0.497 e. The number of pyridine rings is 1. The van der Waals surface area contributed by atoms with Gasteiger partial charge in [-0.2, -0.15) is 0 Å². The van der Waals surface area contributed by atoms with E-state index >= 15 is 0 Å². The highest BCUT2D eigenvalue weighted by molar-refractivity contribution is 9.10. The molecule has 0 fully saturated rings. The molecular formula is C16H16BrN3O2S. The zero-order valence-electron chi connectivity index (χ0n) is 12.5. The van der Waals surface area contributed by atoms with Crippen LogP contribution in [0.25, 0.3) is 0 Å². The Morgan fingerprint density at radius 3 is 2.87 bits per heavy atom. The van der Waals surface area contributed by atoms with E-state index in [1.165, 1.54) is 0 Å². The highest BCUT2D eigenvalue weighted by Gasteiger charge is 2.07. The summed E-state index contributed by atoms with van der Waals surface area (Å²) in [5.74, 6) is 1.34. The van der Waals surface area contributed by atoms with Gasteiger partial charge in [-0.1, -0.05) is 12.1 Å². The van der Waals surface area contributed by atoms with E-state index < -0.39 is 0 Å². The molecular weight excluding hydrogens is 378 g/mol. The number of aromatic nitrogens is 1. The summed E-state index contributed by atoms with van der Waals surface area (Å²) in [7, 11) is 1.57. The minimum atomic E-state index is 0.0287. The summed E-state index contributed by atoms with van der Waals surface area (Å²) in [5.41, 5.74) is 0.625. The summed E-state index contributed by atoms with van der Waals surface area (Å²) in [4.78, 5) is 16.3. The molecule has 0 spiro atoms. The van der Waals surface area contributed by atoms with Gasteiger partial charge in [-0.25, -0.2) is 4.98 Å². The van der Waals surface area contributed by atoms with Crippen LogP contribution in [0.5, 0.6) is 5.75 Å². The van der Waals surface area contributed by atoms with E-state index in [-0.39, 0.29) is 5.78 Å². The summed E-state index contributed by atoms with van der Waals surface area (Å²) in [5, 5.41) is 6.38. The summed E-state index contributed by atoms with van der Waals surface area (Å²) in [6.45, 7) is 0.443. The number of carbonyl (C=O) groups excluding carboxylic acids is 1. The van der Waals surface area contributed by atoms with Gasteiger partial charge < -0.3 is 15.4 Å². The standard InChI is InChI=1S/C16H16BrN3O2S/c1-22-13-4-2-3-11(9-13)14(21)7-8-18-16(23)20-15-6-5-12(17)10-19-15/h2-6,9-10H,7-8H2,1H3,(H2,18,19,20,23). The monoisotopic (exact) mass is 393 g/mol. The average molecular weight is 394 g/mol. The third kappa shape index (κ3) is 5.61. The van der Waals surface area contributed by atoms with Crippen LogP contribution in [-0.2, 0) is 0 Å². The number of hydrogen-bond donors (Lipinski definition) is 2. The number of methoxy groups -OCH3 is 1. The van der Waals surface area contributed by atoms with E-state index in [0.29, 0.717) is 35.2 Å². The van der Waals surface area contributed by atoms with Crippen LogP contribution < -0.4 is 15.4 Å². The SMILES string of the molecule is COc1cccc(C(=O)CCNC(=S)Nc2ccc(Br)cn2)c1. The summed E-state index contributed by atoms with van der Waals surface area (Å²) >= 11 is 8.49. The first-order valence-corrected chi connectivity index (χ1v) is 8.12. The van der Waals surface area contributed by atoms with Crippen molar-refractivity contribution in [1.29, 1.82) is 0 Å². The van der Waals surface area contributed by atoms with Crippen molar-refractivity contribution in [1.82, 2.24) is 10.3 Å². The van der Waals surface area contributed by atoms with Crippen LogP contribution >= 0.6 is 28.1 Å². The Balaban J connectivity index is 1.78. The number of Topliss-reactive ketones (excluding diaryl/α,β-unsaturated/α-hetero) is 1. The highest BCUT2D eigenvalue weighted by atomic mass is 79.9. The number of nitrogens with zero attached hydrogens (tertiary/aromatic N) is 1. The molecule has 1 heterocycles. The molecule has 1 aromatic heterocycles. The number of rotatable bonds is 6. The molecule has 0 atom stereocenters. The Morgan fingerprint density at radius 1 is 1.35 bits per heavy atom. The molecule has 0 aliphatic rings. The Bertz CT molecular complexity index is 692. The number of halogens is 1. The van der Waals surface area contributed by atoms with Crippen molar-refractivity contribution >= 4 is 44.9 Å². The van der Waals surface area contributed by atoms with Crippen LogP contribution in [0.4, 0.5) is 5.82 Å². The normalized spacial score (nSPS) is 10.0. The minimum absolute atomic E-state index is 0.0287. The Hall–Kier alpha value is -1.99. The van der Waals surface area contributed by atoms with Crippen LogP contribution in [0.1, 0.15) is 16.8 Å². The lowest BCUT2D eigenvalue weighted by Gasteiger charge is -2.09. The molecule has 0 amide bonds. The number of ether oxygens (including phenoxy) is 1. The first kappa shape index (κ1) is 17.4. The second kappa shape index (κ2) is 8.59. The second-order valence-corrected chi connectivity index (χ2v) is 5.97. The van der Waals surface area contributed by atoms with E-state index in [1.807, 2.05) is 6.07 Å². The van der Waals surface area contributed by atoms with E-state index in [2.05, 4.69) is 31.5 Å². The maximum absolute atomic E-state index is 12.1. The lowest BCUT2D eigenvalue weighted by Crippen LogP contribution is -2.30. The lowest BCUT2D eigenvalue weighted by molar-refractivity contribution is 0.0984. The van der Waals surface area contributed by atoms with Gasteiger partial charge in [-0.3, -0.25) is 4.79 Å². The molecule has 0 radical (unpaired) electrons. The fourth-order valence-corrected chi connectivity index (χ4v) is 2.28. The molecule has 5 nitrogen and oxygen atoms in total. The topological polar surface area (TPSA) is 63.2 Å². The van der Waals surface area contributed by atoms with Gasteiger partial charge in [-0.05, 0) is 52.4 Å². The van der Waals surface area contributed by atoms with E-state index in [0.717, 1.165) is 4.47 Å². The molecule has 2 aromatic rings. The van der Waals surface area contributed by atoms with Crippen LogP contribution in [-0.4, -0.2) is 29.5 Å².